The predicted octanol–water partition coefficient (Wildman–Crippen LogP) is 3.35. The van der Waals surface area contributed by atoms with Crippen molar-refractivity contribution < 1.29 is 0 Å². The first kappa shape index (κ1) is 13.6. The van der Waals surface area contributed by atoms with E-state index in [0.29, 0.717) is 0 Å². The first-order chi connectivity index (χ1) is 10.2. The van der Waals surface area contributed by atoms with Crippen molar-refractivity contribution in [3.05, 3.63) is 72.1 Å². The zero-order valence-electron chi connectivity index (χ0n) is 12.3. The van der Waals surface area contributed by atoms with Gasteiger partial charge in [-0.2, -0.15) is 0 Å². The van der Waals surface area contributed by atoms with Crippen LogP contribution in [0.5, 0.6) is 0 Å². The molecule has 106 valence electrons. The topological polar surface area (TPSA) is 42.1 Å². The van der Waals surface area contributed by atoms with Gasteiger partial charge in [0, 0.05) is 37.6 Å². The molecule has 0 saturated carbocycles. The molecule has 1 aromatic heterocycles. The average molecular weight is 277 g/mol. The quantitative estimate of drug-likeness (QED) is 0.798. The molecule has 0 spiro atoms. The molecule has 21 heavy (non-hydrogen) atoms. The van der Waals surface area contributed by atoms with Gasteiger partial charge in [0.1, 0.15) is 0 Å². The molecule has 2 N–H and O–H groups in total. The van der Waals surface area contributed by atoms with Crippen LogP contribution >= 0.6 is 0 Å². The van der Waals surface area contributed by atoms with Crippen LogP contribution in [0.25, 0.3) is 10.8 Å². The van der Waals surface area contributed by atoms with E-state index >= 15 is 0 Å². The largest absolute Gasteiger partial charge is 0.378 e. The fraction of sp³-hybridized carbons (Fsp3) is 0.167. The summed E-state index contributed by atoms with van der Waals surface area (Å²) in [5.41, 5.74) is 9.90. The van der Waals surface area contributed by atoms with Crippen molar-refractivity contribution in [3.8, 4) is 0 Å². The van der Waals surface area contributed by atoms with Crippen LogP contribution in [0.3, 0.4) is 0 Å². The fourth-order valence-corrected chi connectivity index (χ4v) is 2.58. The first-order valence-corrected chi connectivity index (χ1v) is 7.02. The second-order valence-electron chi connectivity index (χ2n) is 5.41. The summed E-state index contributed by atoms with van der Waals surface area (Å²) in [4.78, 5) is 6.25. The van der Waals surface area contributed by atoms with Gasteiger partial charge in [0.25, 0.3) is 0 Å². The summed E-state index contributed by atoms with van der Waals surface area (Å²) in [5.74, 6) is 0. The lowest BCUT2D eigenvalue weighted by atomic mass is 9.95. The maximum Gasteiger partial charge on any atom is 0.0557 e. The Morgan fingerprint density at radius 1 is 1.00 bits per heavy atom. The maximum atomic E-state index is 6.47. The Labute approximate surface area is 125 Å². The van der Waals surface area contributed by atoms with Crippen LogP contribution in [0, 0.1) is 0 Å². The Morgan fingerprint density at radius 3 is 2.48 bits per heavy atom. The molecule has 3 nitrogen and oxygen atoms in total. The minimum Gasteiger partial charge on any atom is -0.378 e. The number of pyridine rings is 1. The van der Waals surface area contributed by atoms with Gasteiger partial charge in [-0.1, -0.05) is 30.3 Å². The van der Waals surface area contributed by atoms with E-state index in [-0.39, 0.29) is 6.04 Å². The molecule has 0 bridgehead atoms. The Balaban J connectivity index is 2.02. The standard InChI is InChI=1S/C18H19N3/c1-21(2)15-8-6-13(7-9-15)18(19)17-5-3-4-14-12-20-11-10-16(14)17/h3-12,18H,19H2,1-2H3. The van der Waals surface area contributed by atoms with E-state index in [9.17, 15) is 0 Å². The zero-order chi connectivity index (χ0) is 14.8. The summed E-state index contributed by atoms with van der Waals surface area (Å²) >= 11 is 0. The average Bonchev–Trinajstić information content (AvgIpc) is 2.53. The van der Waals surface area contributed by atoms with Gasteiger partial charge in [-0.15, -0.1) is 0 Å². The van der Waals surface area contributed by atoms with Gasteiger partial charge in [-0.25, -0.2) is 0 Å². The van der Waals surface area contributed by atoms with E-state index in [2.05, 4.69) is 46.3 Å². The monoisotopic (exact) mass is 277 g/mol. The van der Waals surface area contributed by atoms with Crippen LogP contribution < -0.4 is 10.6 Å². The SMILES string of the molecule is CN(C)c1ccc(C(N)c2cccc3cnccc23)cc1. The lowest BCUT2D eigenvalue weighted by Crippen LogP contribution is -2.13. The molecular weight excluding hydrogens is 258 g/mol. The summed E-state index contributed by atoms with van der Waals surface area (Å²) in [5, 5.41) is 2.28. The van der Waals surface area contributed by atoms with Gasteiger partial charge in [0.05, 0.1) is 6.04 Å². The molecule has 3 aromatic rings. The van der Waals surface area contributed by atoms with E-state index in [1.165, 1.54) is 5.69 Å². The van der Waals surface area contributed by atoms with Crippen LogP contribution in [0.1, 0.15) is 17.2 Å². The molecule has 0 aliphatic carbocycles. The van der Waals surface area contributed by atoms with Crippen molar-refractivity contribution in [1.29, 1.82) is 0 Å². The molecule has 3 heteroatoms. The van der Waals surface area contributed by atoms with Crippen LogP contribution in [-0.2, 0) is 0 Å². The molecule has 0 radical (unpaired) electrons. The summed E-state index contributed by atoms with van der Waals surface area (Å²) in [6.07, 6.45) is 3.69. The smallest absolute Gasteiger partial charge is 0.0557 e. The molecule has 0 aliphatic rings. The number of anilines is 1. The van der Waals surface area contributed by atoms with Crippen molar-refractivity contribution in [2.24, 2.45) is 5.73 Å². The molecule has 1 unspecified atom stereocenters. The molecule has 2 aromatic carbocycles. The Hall–Kier alpha value is -2.39. The normalized spacial score (nSPS) is 12.3. The van der Waals surface area contributed by atoms with Crippen molar-refractivity contribution in [2.45, 2.75) is 6.04 Å². The number of nitrogens with zero attached hydrogens (tertiary/aromatic N) is 2. The van der Waals surface area contributed by atoms with Gasteiger partial charge in [-0.05, 0) is 34.7 Å². The highest BCUT2D eigenvalue weighted by Crippen LogP contribution is 2.27. The number of nitrogens with two attached hydrogens (primary N) is 1. The summed E-state index contributed by atoms with van der Waals surface area (Å²) in [6, 6.07) is 16.5. The van der Waals surface area contributed by atoms with Crippen LogP contribution in [-0.4, -0.2) is 19.1 Å². The third kappa shape index (κ3) is 2.60. The molecule has 0 amide bonds. The minimum atomic E-state index is -0.132. The van der Waals surface area contributed by atoms with E-state index in [0.717, 1.165) is 21.9 Å². The van der Waals surface area contributed by atoms with E-state index in [1.807, 2.05) is 38.6 Å². The maximum absolute atomic E-state index is 6.47. The molecule has 3 rings (SSSR count). The number of fused-ring (bicyclic) bond motifs is 1. The number of rotatable bonds is 3. The van der Waals surface area contributed by atoms with Crippen LogP contribution in [0.2, 0.25) is 0 Å². The molecular formula is C18H19N3. The summed E-state index contributed by atoms with van der Waals surface area (Å²) in [6.45, 7) is 0. The van der Waals surface area contributed by atoms with Gasteiger partial charge in [-0.3, -0.25) is 4.98 Å². The Kier molecular flexibility index (Phi) is 3.59. The van der Waals surface area contributed by atoms with Gasteiger partial charge >= 0.3 is 0 Å². The number of aromatic nitrogens is 1. The third-order valence-corrected chi connectivity index (χ3v) is 3.82. The van der Waals surface area contributed by atoms with Gasteiger partial charge < -0.3 is 10.6 Å². The van der Waals surface area contributed by atoms with Crippen LogP contribution in [0.15, 0.2) is 60.9 Å². The van der Waals surface area contributed by atoms with E-state index in [4.69, 9.17) is 5.73 Å². The summed E-state index contributed by atoms with van der Waals surface area (Å²) < 4.78 is 0. The van der Waals surface area contributed by atoms with Crippen molar-refractivity contribution in [1.82, 2.24) is 4.98 Å². The zero-order valence-corrected chi connectivity index (χ0v) is 12.3. The van der Waals surface area contributed by atoms with Gasteiger partial charge in [0.2, 0.25) is 0 Å². The number of hydrogen-bond acceptors (Lipinski definition) is 3. The van der Waals surface area contributed by atoms with E-state index in [1.54, 1.807) is 0 Å². The number of hydrogen-bond donors (Lipinski definition) is 1. The Morgan fingerprint density at radius 2 is 1.76 bits per heavy atom. The highest BCUT2D eigenvalue weighted by atomic mass is 15.1. The molecule has 0 aliphatic heterocycles. The van der Waals surface area contributed by atoms with Crippen LogP contribution in [0.4, 0.5) is 5.69 Å². The summed E-state index contributed by atoms with van der Waals surface area (Å²) in [7, 11) is 4.07. The lowest BCUT2D eigenvalue weighted by Gasteiger charge is -2.17. The predicted molar refractivity (Wildman–Crippen MR) is 88.5 cm³/mol. The second kappa shape index (κ2) is 5.54. The highest BCUT2D eigenvalue weighted by molar-refractivity contribution is 5.85. The fourth-order valence-electron chi connectivity index (χ4n) is 2.58. The highest BCUT2D eigenvalue weighted by Gasteiger charge is 2.12. The molecule has 1 heterocycles. The van der Waals surface area contributed by atoms with E-state index < -0.39 is 0 Å². The second-order valence-corrected chi connectivity index (χ2v) is 5.41. The molecule has 0 saturated heterocycles. The lowest BCUT2D eigenvalue weighted by molar-refractivity contribution is 0.880. The number of benzene rings is 2. The van der Waals surface area contributed by atoms with Gasteiger partial charge in [0.15, 0.2) is 0 Å². The van der Waals surface area contributed by atoms with Crippen molar-refractivity contribution in [2.75, 3.05) is 19.0 Å². The minimum absolute atomic E-state index is 0.132. The third-order valence-electron chi connectivity index (χ3n) is 3.82. The first-order valence-electron chi connectivity index (χ1n) is 7.02. The van der Waals surface area contributed by atoms with Crippen molar-refractivity contribution in [3.63, 3.8) is 0 Å². The molecule has 0 fully saturated rings. The molecule has 1 atom stereocenters. The Bertz CT molecular complexity index is 743. The van der Waals surface area contributed by atoms with Crippen molar-refractivity contribution >= 4 is 16.5 Å².